The summed E-state index contributed by atoms with van der Waals surface area (Å²) in [6, 6.07) is 13.5. The Morgan fingerprint density at radius 1 is 1.20 bits per heavy atom. The van der Waals surface area contributed by atoms with Crippen molar-refractivity contribution >= 4 is 17.4 Å². The highest BCUT2D eigenvalue weighted by Gasteiger charge is 2.36. The van der Waals surface area contributed by atoms with Gasteiger partial charge in [-0.1, -0.05) is 23.7 Å². The zero-order chi connectivity index (χ0) is 17.6. The van der Waals surface area contributed by atoms with E-state index in [0.29, 0.717) is 27.7 Å². The van der Waals surface area contributed by atoms with Gasteiger partial charge in [-0.2, -0.15) is 5.26 Å². The molecule has 2 aliphatic rings. The molecule has 2 heterocycles. The van der Waals surface area contributed by atoms with Crippen LogP contribution in [0.4, 0.5) is 4.39 Å². The van der Waals surface area contributed by atoms with Crippen molar-refractivity contribution in [1.29, 1.82) is 5.26 Å². The first-order valence-electron chi connectivity index (χ1n) is 7.57. The third-order valence-corrected chi connectivity index (χ3v) is 4.55. The fourth-order valence-electron chi connectivity index (χ4n) is 3.16. The summed E-state index contributed by atoms with van der Waals surface area (Å²) in [5.41, 5.74) is 8.34. The van der Waals surface area contributed by atoms with Crippen molar-refractivity contribution in [3.63, 3.8) is 0 Å². The highest BCUT2D eigenvalue weighted by molar-refractivity contribution is 6.30. The highest BCUT2D eigenvalue weighted by atomic mass is 35.5. The molecule has 4 nitrogen and oxygen atoms in total. The van der Waals surface area contributed by atoms with E-state index in [1.165, 1.54) is 12.1 Å². The number of nitrogens with zero attached hydrogens (tertiary/aromatic N) is 1. The van der Waals surface area contributed by atoms with E-state index >= 15 is 0 Å². The Balaban J connectivity index is 1.92. The molecule has 0 radical (unpaired) electrons. The molecule has 0 saturated heterocycles. The van der Waals surface area contributed by atoms with Crippen LogP contribution < -0.4 is 10.5 Å². The minimum Gasteiger partial charge on any atom is -0.488 e. The van der Waals surface area contributed by atoms with Gasteiger partial charge in [0.15, 0.2) is 0 Å². The summed E-state index contributed by atoms with van der Waals surface area (Å²) in [5.74, 6) is 0.137. The summed E-state index contributed by atoms with van der Waals surface area (Å²) in [5, 5.41) is 10.2. The van der Waals surface area contributed by atoms with Crippen molar-refractivity contribution in [2.45, 2.75) is 5.92 Å². The minimum absolute atomic E-state index is 0.0123. The van der Waals surface area contributed by atoms with Crippen LogP contribution in [0.3, 0.4) is 0 Å². The molecule has 2 aromatic carbocycles. The number of hydrogen-bond acceptors (Lipinski definition) is 4. The lowest BCUT2D eigenvalue weighted by atomic mass is 9.81. The Kier molecular flexibility index (Phi) is 3.63. The molecule has 0 bridgehead atoms. The molecule has 2 aromatic rings. The standard InChI is InChI=1S/C19H12ClFN2O2/c20-11-3-1-10(2-4-11)17-14(8-22)19(23)25-18-13-7-12(21)5-6-16(13)24-9-15(17)18/h1-7,17H,9,23H2. The van der Waals surface area contributed by atoms with E-state index in [1.807, 2.05) is 12.1 Å². The molecule has 124 valence electrons. The smallest absolute Gasteiger partial charge is 0.205 e. The number of nitriles is 1. The average molecular weight is 355 g/mol. The van der Waals surface area contributed by atoms with Crippen molar-refractivity contribution in [3.8, 4) is 11.8 Å². The molecule has 0 aliphatic carbocycles. The minimum atomic E-state index is -0.428. The second-order valence-electron chi connectivity index (χ2n) is 5.76. The number of fused-ring (bicyclic) bond motifs is 2. The van der Waals surface area contributed by atoms with Crippen LogP contribution in [0, 0.1) is 17.1 Å². The normalized spacial score (nSPS) is 18.7. The van der Waals surface area contributed by atoms with Crippen LogP contribution in [0.5, 0.6) is 5.75 Å². The number of benzene rings is 2. The third kappa shape index (κ3) is 2.51. The molecular weight excluding hydrogens is 343 g/mol. The summed E-state index contributed by atoms with van der Waals surface area (Å²) < 4.78 is 25.2. The Morgan fingerprint density at radius 3 is 2.68 bits per heavy atom. The molecule has 0 fully saturated rings. The van der Waals surface area contributed by atoms with Gasteiger partial charge in [0.1, 0.15) is 35.6 Å². The van der Waals surface area contributed by atoms with Gasteiger partial charge in [0.05, 0.1) is 11.5 Å². The molecule has 1 atom stereocenters. The summed E-state index contributed by atoms with van der Waals surface area (Å²) in [4.78, 5) is 0. The lowest BCUT2D eigenvalue weighted by molar-refractivity contribution is 0.293. The van der Waals surface area contributed by atoms with Crippen LogP contribution in [0.1, 0.15) is 17.0 Å². The van der Waals surface area contributed by atoms with Crippen molar-refractivity contribution in [2.75, 3.05) is 6.61 Å². The lowest BCUT2D eigenvalue weighted by Gasteiger charge is -2.33. The van der Waals surface area contributed by atoms with E-state index < -0.39 is 11.7 Å². The molecule has 0 amide bonds. The molecule has 0 saturated carbocycles. The van der Waals surface area contributed by atoms with Gasteiger partial charge in [-0.05, 0) is 35.9 Å². The first kappa shape index (κ1) is 15.6. The fraction of sp³-hybridized carbons (Fsp3) is 0.105. The molecule has 25 heavy (non-hydrogen) atoms. The molecule has 4 rings (SSSR count). The molecule has 6 heteroatoms. The van der Waals surface area contributed by atoms with E-state index in [2.05, 4.69) is 6.07 Å². The zero-order valence-corrected chi connectivity index (χ0v) is 13.7. The van der Waals surface area contributed by atoms with Crippen LogP contribution >= 0.6 is 11.6 Å². The van der Waals surface area contributed by atoms with E-state index in [4.69, 9.17) is 26.8 Å². The number of halogens is 2. The van der Waals surface area contributed by atoms with Crippen LogP contribution in [0.2, 0.25) is 5.02 Å². The van der Waals surface area contributed by atoms with Gasteiger partial charge in [-0.15, -0.1) is 0 Å². The summed E-state index contributed by atoms with van der Waals surface area (Å²) in [7, 11) is 0. The molecule has 0 spiro atoms. The quantitative estimate of drug-likeness (QED) is 0.837. The lowest BCUT2D eigenvalue weighted by Crippen LogP contribution is -2.26. The number of rotatable bonds is 1. The third-order valence-electron chi connectivity index (χ3n) is 4.30. The van der Waals surface area contributed by atoms with Gasteiger partial charge in [0, 0.05) is 10.6 Å². The molecule has 0 aromatic heterocycles. The van der Waals surface area contributed by atoms with E-state index in [-0.39, 0.29) is 12.5 Å². The SMILES string of the molecule is N#CC1=C(N)OC2=C(COc3ccc(F)cc32)C1c1ccc(Cl)cc1. The Bertz CT molecular complexity index is 974. The van der Waals surface area contributed by atoms with E-state index in [0.717, 1.165) is 11.1 Å². The molecular formula is C19H12ClFN2O2. The monoisotopic (exact) mass is 354 g/mol. The molecule has 2 N–H and O–H groups in total. The highest BCUT2D eigenvalue weighted by Crippen LogP contribution is 2.46. The summed E-state index contributed by atoms with van der Waals surface area (Å²) in [6.07, 6.45) is 0. The molecule has 1 unspecified atom stereocenters. The maximum absolute atomic E-state index is 13.7. The summed E-state index contributed by atoms with van der Waals surface area (Å²) in [6.45, 7) is 0.222. The van der Waals surface area contributed by atoms with Crippen LogP contribution in [-0.4, -0.2) is 6.61 Å². The van der Waals surface area contributed by atoms with Gasteiger partial charge < -0.3 is 15.2 Å². The van der Waals surface area contributed by atoms with Crippen molar-refractivity contribution in [3.05, 3.63) is 81.5 Å². The largest absolute Gasteiger partial charge is 0.488 e. The van der Waals surface area contributed by atoms with Gasteiger partial charge in [0.2, 0.25) is 5.88 Å². The number of allylic oxidation sites excluding steroid dienone is 1. The first-order valence-corrected chi connectivity index (χ1v) is 7.95. The Labute approximate surface area is 148 Å². The van der Waals surface area contributed by atoms with Gasteiger partial charge in [-0.25, -0.2) is 4.39 Å². The molecule has 2 aliphatic heterocycles. The van der Waals surface area contributed by atoms with Crippen molar-refractivity contribution in [2.24, 2.45) is 5.73 Å². The topological polar surface area (TPSA) is 68.3 Å². The summed E-state index contributed by atoms with van der Waals surface area (Å²) >= 11 is 5.97. The number of ether oxygens (including phenoxy) is 2. The van der Waals surface area contributed by atoms with Gasteiger partial charge >= 0.3 is 0 Å². The maximum Gasteiger partial charge on any atom is 0.205 e. The van der Waals surface area contributed by atoms with Gasteiger partial charge in [0.25, 0.3) is 0 Å². The van der Waals surface area contributed by atoms with Crippen molar-refractivity contribution < 1.29 is 13.9 Å². The number of hydrogen-bond donors (Lipinski definition) is 1. The number of nitrogens with two attached hydrogens (primary N) is 1. The van der Waals surface area contributed by atoms with E-state index in [9.17, 15) is 9.65 Å². The van der Waals surface area contributed by atoms with Crippen molar-refractivity contribution in [1.82, 2.24) is 0 Å². The first-order chi connectivity index (χ1) is 12.1. The van der Waals surface area contributed by atoms with Crippen LogP contribution in [0.15, 0.2) is 59.5 Å². The fourth-order valence-corrected chi connectivity index (χ4v) is 3.28. The predicted molar refractivity (Wildman–Crippen MR) is 90.9 cm³/mol. The zero-order valence-electron chi connectivity index (χ0n) is 12.9. The van der Waals surface area contributed by atoms with Gasteiger partial charge in [-0.3, -0.25) is 0 Å². The van der Waals surface area contributed by atoms with Crippen LogP contribution in [-0.2, 0) is 4.74 Å². The Hall–Kier alpha value is -2.97. The second kappa shape index (κ2) is 5.83. The average Bonchev–Trinajstić information content (AvgIpc) is 2.61. The van der Waals surface area contributed by atoms with Crippen LogP contribution in [0.25, 0.3) is 5.76 Å². The Morgan fingerprint density at radius 2 is 1.96 bits per heavy atom. The van der Waals surface area contributed by atoms with E-state index in [1.54, 1.807) is 18.2 Å². The maximum atomic E-state index is 13.7. The second-order valence-corrected chi connectivity index (χ2v) is 6.20. The predicted octanol–water partition coefficient (Wildman–Crippen LogP) is 4.09.